The van der Waals surface area contributed by atoms with E-state index in [1.54, 1.807) is 27.7 Å². The Morgan fingerprint density at radius 1 is 1.31 bits per heavy atom. The molecule has 8 heteroatoms. The summed E-state index contributed by atoms with van der Waals surface area (Å²) in [5.74, 6) is -0.925. The van der Waals surface area contributed by atoms with Crippen LogP contribution in [0.5, 0.6) is 0 Å². The van der Waals surface area contributed by atoms with E-state index in [1.807, 2.05) is 6.92 Å². The number of hydrogen-bond donors (Lipinski definition) is 0. The van der Waals surface area contributed by atoms with E-state index >= 15 is 0 Å². The summed E-state index contributed by atoms with van der Waals surface area (Å²) >= 11 is 1.12. The molecule has 0 aromatic carbocycles. The number of carbonyl (C=O) groups is 2. The fourth-order valence-electron chi connectivity index (χ4n) is 2.60. The number of aryl methyl sites for hydroxylation is 1. The standard InChI is InChI=1S/C18H24N2O5S/c1-6-8-24-17(22)12(7-2)20-9-19-15-13(16(20)21)11(5)14(26-15)18(23)25-10(3)4/h9-10,12H,6-8H2,1-5H3. The lowest BCUT2D eigenvalue weighted by atomic mass is 10.2. The third-order valence-corrected chi connectivity index (χ3v) is 5.03. The molecule has 0 N–H and O–H groups in total. The Morgan fingerprint density at radius 3 is 2.58 bits per heavy atom. The van der Waals surface area contributed by atoms with Gasteiger partial charge in [-0.25, -0.2) is 14.6 Å². The predicted molar refractivity (Wildman–Crippen MR) is 99.7 cm³/mol. The number of carbonyl (C=O) groups excluding carboxylic acids is 2. The maximum atomic E-state index is 13.0. The van der Waals surface area contributed by atoms with Gasteiger partial charge < -0.3 is 9.47 Å². The second-order valence-electron chi connectivity index (χ2n) is 6.24. The van der Waals surface area contributed by atoms with E-state index < -0.39 is 18.0 Å². The summed E-state index contributed by atoms with van der Waals surface area (Å²) < 4.78 is 11.7. The van der Waals surface area contributed by atoms with Crippen LogP contribution in [-0.4, -0.2) is 34.2 Å². The Balaban J connectivity index is 2.50. The molecule has 1 atom stereocenters. The molecule has 0 amide bonds. The van der Waals surface area contributed by atoms with Gasteiger partial charge in [0.2, 0.25) is 0 Å². The molecule has 0 aliphatic heterocycles. The van der Waals surface area contributed by atoms with Gasteiger partial charge >= 0.3 is 11.9 Å². The second kappa shape index (κ2) is 8.44. The molecule has 0 aliphatic carbocycles. The first-order chi connectivity index (χ1) is 12.3. The lowest BCUT2D eigenvalue weighted by Crippen LogP contribution is -2.31. The van der Waals surface area contributed by atoms with Gasteiger partial charge in [0.15, 0.2) is 0 Å². The van der Waals surface area contributed by atoms with Crippen molar-refractivity contribution < 1.29 is 19.1 Å². The Labute approximate surface area is 155 Å². The van der Waals surface area contributed by atoms with Gasteiger partial charge in [-0.2, -0.15) is 0 Å². The van der Waals surface area contributed by atoms with Crippen molar-refractivity contribution >= 4 is 33.5 Å². The Kier molecular flexibility index (Phi) is 6.52. The summed E-state index contributed by atoms with van der Waals surface area (Å²) in [5.41, 5.74) is 0.173. The largest absolute Gasteiger partial charge is 0.464 e. The van der Waals surface area contributed by atoms with E-state index in [9.17, 15) is 14.4 Å². The number of esters is 2. The highest BCUT2D eigenvalue weighted by atomic mass is 32.1. The molecule has 0 fully saturated rings. The van der Waals surface area contributed by atoms with Gasteiger partial charge in [-0.05, 0) is 39.2 Å². The van der Waals surface area contributed by atoms with E-state index in [-0.39, 0.29) is 11.7 Å². The van der Waals surface area contributed by atoms with E-state index in [0.29, 0.717) is 40.1 Å². The fourth-order valence-corrected chi connectivity index (χ4v) is 3.62. The van der Waals surface area contributed by atoms with Gasteiger partial charge in [0.05, 0.1) is 24.4 Å². The van der Waals surface area contributed by atoms with Gasteiger partial charge in [0, 0.05) is 0 Å². The number of nitrogens with zero attached hydrogens (tertiary/aromatic N) is 2. The van der Waals surface area contributed by atoms with Crippen LogP contribution in [0.3, 0.4) is 0 Å². The molecule has 0 aliphatic rings. The topological polar surface area (TPSA) is 87.5 Å². The molecule has 0 saturated carbocycles. The zero-order valence-electron chi connectivity index (χ0n) is 15.7. The normalized spacial score (nSPS) is 12.4. The van der Waals surface area contributed by atoms with Crippen LogP contribution < -0.4 is 5.56 Å². The number of thiophene rings is 1. The third kappa shape index (κ3) is 3.95. The van der Waals surface area contributed by atoms with Crippen LogP contribution in [0.4, 0.5) is 0 Å². The SMILES string of the molecule is CCCOC(=O)C(CC)n1cnc2sc(C(=O)OC(C)C)c(C)c2c1=O. The maximum Gasteiger partial charge on any atom is 0.348 e. The molecular weight excluding hydrogens is 356 g/mol. The quantitative estimate of drug-likeness (QED) is 0.685. The van der Waals surface area contributed by atoms with Crippen molar-refractivity contribution in [3.8, 4) is 0 Å². The molecule has 142 valence electrons. The van der Waals surface area contributed by atoms with Gasteiger partial charge in [-0.1, -0.05) is 13.8 Å². The van der Waals surface area contributed by atoms with Crippen LogP contribution in [0, 0.1) is 6.92 Å². The summed E-state index contributed by atoms with van der Waals surface area (Å²) in [4.78, 5) is 42.5. The molecular formula is C18H24N2O5S. The highest BCUT2D eigenvalue weighted by Crippen LogP contribution is 2.28. The summed E-state index contributed by atoms with van der Waals surface area (Å²) in [5, 5.41) is 0.343. The molecule has 26 heavy (non-hydrogen) atoms. The molecule has 2 rings (SSSR count). The van der Waals surface area contributed by atoms with E-state index in [0.717, 1.165) is 11.3 Å². The monoisotopic (exact) mass is 380 g/mol. The Bertz CT molecular complexity index is 868. The molecule has 0 bridgehead atoms. The fraction of sp³-hybridized carbons (Fsp3) is 0.556. The van der Waals surface area contributed by atoms with Crippen LogP contribution in [-0.2, 0) is 14.3 Å². The predicted octanol–water partition coefficient (Wildman–Crippen LogP) is 3.24. The third-order valence-electron chi connectivity index (χ3n) is 3.85. The van der Waals surface area contributed by atoms with E-state index in [4.69, 9.17) is 9.47 Å². The highest BCUT2D eigenvalue weighted by Gasteiger charge is 2.25. The zero-order chi connectivity index (χ0) is 19.4. The minimum absolute atomic E-state index is 0.255. The summed E-state index contributed by atoms with van der Waals surface area (Å²) in [6.45, 7) is 9.24. The summed E-state index contributed by atoms with van der Waals surface area (Å²) in [6.07, 6.45) is 2.20. The Morgan fingerprint density at radius 2 is 2.00 bits per heavy atom. The summed E-state index contributed by atoms with van der Waals surface area (Å²) in [7, 11) is 0. The van der Waals surface area contributed by atoms with Crippen molar-refractivity contribution in [2.75, 3.05) is 6.61 Å². The van der Waals surface area contributed by atoms with Crippen LogP contribution in [0.2, 0.25) is 0 Å². The van der Waals surface area contributed by atoms with E-state index in [1.165, 1.54) is 10.9 Å². The average molecular weight is 380 g/mol. The van der Waals surface area contributed by atoms with Crippen LogP contribution in [0.15, 0.2) is 11.1 Å². The molecule has 1 unspecified atom stereocenters. The van der Waals surface area contributed by atoms with Gasteiger partial charge in [0.25, 0.3) is 5.56 Å². The minimum atomic E-state index is -0.740. The average Bonchev–Trinajstić information content (AvgIpc) is 2.92. The number of ether oxygens (including phenoxy) is 2. The number of aromatic nitrogens is 2. The second-order valence-corrected chi connectivity index (χ2v) is 7.24. The van der Waals surface area contributed by atoms with Crippen molar-refractivity contribution in [3.63, 3.8) is 0 Å². The van der Waals surface area contributed by atoms with E-state index in [2.05, 4.69) is 4.98 Å². The van der Waals surface area contributed by atoms with Crippen molar-refractivity contribution in [2.45, 2.75) is 59.6 Å². The number of fused-ring (bicyclic) bond motifs is 1. The van der Waals surface area contributed by atoms with Gasteiger partial charge in [-0.15, -0.1) is 11.3 Å². The lowest BCUT2D eigenvalue weighted by Gasteiger charge is -2.16. The number of hydrogen-bond acceptors (Lipinski definition) is 7. The molecule has 0 saturated heterocycles. The lowest BCUT2D eigenvalue weighted by molar-refractivity contribution is -0.147. The first-order valence-corrected chi connectivity index (χ1v) is 9.51. The Hall–Kier alpha value is -2.22. The molecule has 2 aromatic rings. The van der Waals surface area contributed by atoms with Crippen LogP contribution in [0.1, 0.15) is 61.8 Å². The van der Waals surface area contributed by atoms with Gasteiger partial charge in [0.1, 0.15) is 15.7 Å². The van der Waals surface area contributed by atoms with Crippen molar-refractivity contribution in [1.82, 2.24) is 9.55 Å². The smallest absolute Gasteiger partial charge is 0.348 e. The van der Waals surface area contributed by atoms with Crippen molar-refractivity contribution in [2.24, 2.45) is 0 Å². The minimum Gasteiger partial charge on any atom is -0.464 e. The molecule has 0 spiro atoms. The zero-order valence-corrected chi connectivity index (χ0v) is 16.5. The van der Waals surface area contributed by atoms with Crippen molar-refractivity contribution in [3.05, 3.63) is 27.1 Å². The highest BCUT2D eigenvalue weighted by molar-refractivity contribution is 7.20. The maximum absolute atomic E-state index is 13.0. The molecule has 0 radical (unpaired) electrons. The number of rotatable bonds is 7. The first-order valence-electron chi connectivity index (χ1n) is 8.69. The van der Waals surface area contributed by atoms with Gasteiger partial charge in [-0.3, -0.25) is 9.36 Å². The molecule has 2 aromatic heterocycles. The van der Waals surface area contributed by atoms with Crippen molar-refractivity contribution in [1.29, 1.82) is 0 Å². The molecule has 7 nitrogen and oxygen atoms in total. The summed E-state index contributed by atoms with van der Waals surface area (Å²) in [6, 6.07) is -0.740. The van der Waals surface area contributed by atoms with Crippen LogP contribution in [0.25, 0.3) is 10.2 Å². The van der Waals surface area contributed by atoms with Crippen LogP contribution >= 0.6 is 11.3 Å². The first kappa shape index (κ1) is 20.1. The molecule has 2 heterocycles.